The molecule has 350 valence electrons. The molecular weight excluding hydrogens is 893 g/mol. The number of para-hydroxylation sites is 2. The first-order chi connectivity index (χ1) is 36.4. The Bertz CT molecular complexity index is 4190. The summed E-state index contributed by atoms with van der Waals surface area (Å²) in [5, 5.41) is 17.6. The van der Waals surface area contributed by atoms with Crippen molar-refractivity contribution in [3.8, 4) is 22.3 Å². The van der Waals surface area contributed by atoms with Crippen LogP contribution >= 0.6 is 0 Å². The van der Waals surface area contributed by atoms with E-state index in [2.05, 4.69) is 280 Å². The maximum Gasteiger partial charge on any atom is 0.0540 e. The summed E-state index contributed by atoms with van der Waals surface area (Å²) in [5.41, 5.74) is 16.7. The molecule has 0 saturated heterocycles. The third kappa shape index (κ3) is 6.86. The number of hydrogen-bond acceptors (Lipinski definition) is 2. The Morgan fingerprint density at radius 1 is 0.243 bits per heavy atom. The highest BCUT2D eigenvalue weighted by molar-refractivity contribution is 6.28. The van der Waals surface area contributed by atoms with E-state index in [1.54, 1.807) is 0 Å². The quantitative estimate of drug-likeness (QED) is 0.140. The van der Waals surface area contributed by atoms with Gasteiger partial charge in [-0.3, -0.25) is 0 Å². The number of fused-ring (bicyclic) bond motifs is 6. The molecule has 14 rings (SSSR count). The molecule has 0 heterocycles. The molecule has 0 bridgehead atoms. The molecule has 0 amide bonds. The van der Waals surface area contributed by atoms with Gasteiger partial charge in [0.2, 0.25) is 0 Å². The zero-order valence-electron chi connectivity index (χ0n) is 42.0. The Morgan fingerprint density at radius 3 is 0.973 bits per heavy atom. The topological polar surface area (TPSA) is 6.48 Å². The van der Waals surface area contributed by atoms with Crippen LogP contribution in [0.3, 0.4) is 0 Å². The van der Waals surface area contributed by atoms with E-state index in [9.17, 15) is 0 Å². The average molecular weight is 945 g/mol. The van der Waals surface area contributed by atoms with Crippen LogP contribution in [0, 0.1) is 27.7 Å². The lowest BCUT2D eigenvalue weighted by Gasteiger charge is -2.32. The summed E-state index contributed by atoms with van der Waals surface area (Å²) in [4.78, 5) is 5.01. The molecule has 2 nitrogen and oxygen atoms in total. The van der Waals surface area contributed by atoms with Gasteiger partial charge in [0.05, 0.1) is 22.7 Å². The number of aryl methyl sites for hydroxylation is 4. The van der Waals surface area contributed by atoms with Crippen molar-refractivity contribution >= 4 is 110 Å². The van der Waals surface area contributed by atoms with Crippen molar-refractivity contribution in [3.05, 3.63) is 265 Å². The largest absolute Gasteiger partial charge is 0.309 e. The fourth-order valence-corrected chi connectivity index (χ4v) is 12.4. The van der Waals surface area contributed by atoms with E-state index in [0.29, 0.717) is 0 Å². The van der Waals surface area contributed by atoms with Crippen LogP contribution in [0.2, 0.25) is 0 Å². The van der Waals surface area contributed by atoms with Gasteiger partial charge in [-0.05, 0) is 185 Å². The van der Waals surface area contributed by atoms with Gasteiger partial charge in [0.25, 0.3) is 0 Å². The maximum atomic E-state index is 2.50. The van der Waals surface area contributed by atoms with E-state index in [0.717, 1.165) is 22.7 Å². The highest BCUT2D eigenvalue weighted by Gasteiger charge is 2.25. The van der Waals surface area contributed by atoms with Crippen LogP contribution in [-0.2, 0) is 0 Å². The monoisotopic (exact) mass is 944 g/mol. The van der Waals surface area contributed by atoms with E-state index in [4.69, 9.17) is 0 Å². The second-order valence-electron chi connectivity index (χ2n) is 20.2. The molecule has 0 fully saturated rings. The molecule has 0 aliphatic rings. The van der Waals surface area contributed by atoms with Gasteiger partial charge >= 0.3 is 0 Å². The third-order valence-electron chi connectivity index (χ3n) is 15.8. The molecule has 0 spiro atoms. The smallest absolute Gasteiger partial charge is 0.0540 e. The SMILES string of the molecule is Cc1cccc(C)c1N(c1ccc(-c2cc3ccccc3c3ccccc23)cc1)c1ccc2ccc3c(N(c4ccc(-c5cc6ccccc6c6ccccc56)cc4)c4c(C)cccc4C)ccc4ccc1c2c43. The Balaban J connectivity index is 0.940. The molecule has 2 heteroatoms. The average Bonchev–Trinajstić information content (AvgIpc) is 3.45. The highest BCUT2D eigenvalue weighted by Crippen LogP contribution is 2.50. The van der Waals surface area contributed by atoms with Crippen LogP contribution < -0.4 is 9.80 Å². The van der Waals surface area contributed by atoms with Crippen molar-refractivity contribution in [2.24, 2.45) is 0 Å². The lowest BCUT2D eigenvalue weighted by atomic mass is 9.91. The molecular formula is C72H52N2. The summed E-state index contributed by atoms with van der Waals surface area (Å²) < 4.78 is 0. The first-order valence-corrected chi connectivity index (χ1v) is 25.8. The standard InChI is InChI=1S/C72H52N2/c1-45-15-13-16-46(2)71(45)73(55-35-27-49(28-36-55)65-43-53-19-5-7-21-57(53)59-23-9-11-25-61(59)65)67-41-33-51-32-40-64-68(42-34-52-31-39-63(67)69(51)70(52)64)74(72-47(3)17-14-18-48(72)4)56-37-29-50(30-38-56)66-44-54-20-6-8-22-58(54)60-24-10-12-26-62(60)66/h5-44H,1-4H3. The summed E-state index contributed by atoms with van der Waals surface area (Å²) >= 11 is 0. The zero-order valence-corrected chi connectivity index (χ0v) is 42.0. The predicted molar refractivity (Wildman–Crippen MR) is 319 cm³/mol. The van der Waals surface area contributed by atoms with Gasteiger partial charge < -0.3 is 9.80 Å². The lowest BCUT2D eigenvalue weighted by molar-refractivity contribution is 1.23. The fourth-order valence-electron chi connectivity index (χ4n) is 12.4. The minimum Gasteiger partial charge on any atom is -0.309 e. The molecule has 0 saturated carbocycles. The van der Waals surface area contributed by atoms with E-state index >= 15 is 0 Å². The molecule has 14 aromatic carbocycles. The Kier molecular flexibility index (Phi) is 10.1. The Labute approximate surface area is 432 Å². The van der Waals surface area contributed by atoms with Crippen LogP contribution in [0.25, 0.3) is 97.7 Å². The van der Waals surface area contributed by atoms with Gasteiger partial charge in [-0.2, -0.15) is 0 Å². The summed E-state index contributed by atoms with van der Waals surface area (Å²) in [6.45, 7) is 8.97. The summed E-state index contributed by atoms with van der Waals surface area (Å²) in [7, 11) is 0. The van der Waals surface area contributed by atoms with E-state index in [-0.39, 0.29) is 0 Å². The normalized spacial score (nSPS) is 11.8. The second-order valence-corrected chi connectivity index (χ2v) is 20.2. The zero-order chi connectivity index (χ0) is 49.6. The van der Waals surface area contributed by atoms with Crippen LogP contribution in [0.1, 0.15) is 22.3 Å². The van der Waals surface area contributed by atoms with Gasteiger partial charge in [0, 0.05) is 22.1 Å². The Hall–Kier alpha value is -9.24. The first kappa shape index (κ1) is 43.5. The van der Waals surface area contributed by atoms with E-state index < -0.39 is 0 Å². The molecule has 0 aliphatic heterocycles. The van der Waals surface area contributed by atoms with Crippen molar-refractivity contribution in [3.63, 3.8) is 0 Å². The van der Waals surface area contributed by atoms with Crippen molar-refractivity contribution in [1.29, 1.82) is 0 Å². The summed E-state index contributed by atoms with van der Waals surface area (Å²) in [5.74, 6) is 0. The van der Waals surface area contributed by atoms with Crippen LogP contribution in [-0.4, -0.2) is 0 Å². The number of nitrogens with zero attached hydrogens (tertiary/aromatic N) is 2. The van der Waals surface area contributed by atoms with Crippen molar-refractivity contribution in [1.82, 2.24) is 0 Å². The van der Waals surface area contributed by atoms with Gasteiger partial charge in [0.15, 0.2) is 0 Å². The minimum atomic E-state index is 1.12. The molecule has 0 aliphatic carbocycles. The molecule has 0 radical (unpaired) electrons. The predicted octanol–water partition coefficient (Wildman–Crippen LogP) is 20.7. The number of anilines is 6. The first-order valence-electron chi connectivity index (χ1n) is 25.8. The van der Waals surface area contributed by atoms with Crippen LogP contribution in [0.15, 0.2) is 243 Å². The molecule has 14 aromatic rings. The highest BCUT2D eigenvalue weighted by atomic mass is 15.2. The van der Waals surface area contributed by atoms with E-state index in [1.165, 1.54) is 131 Å². The number of hydrogen-bond donors (Lipinski definition) is 0. The second kappa shape index (κ2) is 17.2. The van der Waals surface area contributed by atoms with Crippen molar-refractivity contribution in [2.45, 2.75) is 27.7 Å². The molecule has 0 aromatic heterocycles. The number of benzene rings is 14. The maximum absolute atomic E-state index is 2.50. The molecule has 0 N–H and O–H groups in total. The Morgan fingerprint density at radius 2 is 0.581 bits per heavy atom. The molecule has 0 unspecified atom stereocenters. The van der Waals surface area contributed by atoms with Crippen molar-refractivity contribution < 1.29 is 0 Å². The summed E-state index contributed by atoms with van der Waals surface area (Å²) in [6, 6.07) is 90.4. The molecule has 74 heavy (non-hydrogen) atoms. The minimum absolute atomic E-state index is 1.12. The van der Waals surface area contributed by atoms with Crippen LogP contribution in [0.5, 0.6) is 0 Å². The number of rotatable bonds is 8. The third-order valence-corrected chi connectivity index (χ3v) is 15.8. The fraction of sp³-hybridized carbons (Fsp3) is 0.0556. The van der Waals surface area contributed by atoms with Crippen molar-refractivity contribution in [2.75, 3.05) is 9.80 Å². The molecule has 0 atom stereocenters. The lowest BCUT2D eigenvalue weighted by Crippen LogP contribution is -2.14. The summed E-state index contributed by atoms with van der Waals surface area (Å²) in [6.07, 6.45) is 0. The van der Waals surface area contributed by atoms with Gasteiger partial charge in [-0.25, -0.2) is 0 Å². The van der Waals surface area contributed by atoms with Gasteiger partial charge in [-0.15, -0.1) is 0 Å². The van der Waals surface area contributed by atoms with Gasteiger partial charge in [0.1, 0.15) is 0 Å². The van der Waals surface area contributed by atoms with Crippen LogP contribution in [0.4, 0.5) is 34.1 Å². The van der Waals surface area contributed by atoms with Gasteiger partial charge in [-0.1, -0.05) is 194 Å². The van der Waals surface area contributed by atoms with E-state index in [1.807, 2.05) is 0 Å².